The van der Waals surface area contributed by atoms with Crippen LogP contribution in [0.15, 0.2) is 24.0 Å². The van der Waals surface area contributed by atoms with E-state index in [1.54, 1.807) is 18.6 Å². The first-order valence-electron chi connectivity index (χ1n) is 3.34. The third kappa shape index (κ3) is 1.14. The summed E-state index contributed by atoms with van der Waals surface area (Å²) in [5, 5.41) is 2.68. The molecular formula is C7H6N4S. The van der Waals surface area contributed by atoms with Crippen LogP contribution in [0.5, 0.6) is 0 Å². The molecule has 5 heteroatoms. The monoisotopic (exact) mass is 178 g/mol. The van der Waals surface area contributed by atoms with Crippen LogP contribution in [0.3, 0.4) is 0 Å². The second-order valence-corrected chi connectivity index (χ2v) is 3.02. The fourth-order valence-corrected chi connectivity index (χ4v) is 1.50. The maximum Gasteiger partial charge on any atom is 0.152 e. The van der Waals surface area contributed by atoms with Gasteiger partial charge >= 0.3 is 0 Å². The van der Waals surface area contributed by atoms with E-state index in [0.29, 0.717) is 11.5 Å². The summed E-state index contributed by atoms with van der Waals surface area (Å²) in [5.74, 6) is 0.424. The molecule has 4 nitrogen and oxygen atoms in total. The summed E-state index contributed by atoms with van der Waals surface area (Å²) >= 11 is 1.50. The van der Waals surface area contributed by atoms with Gasteiger partial charge in [-0.25, -0.2) is 15.0 Å². The first kappa shape index (κ1) is 7.17. The quantitative estimate of drug-likeness (QED) is 0.712. The number of nitrogens with zero attached hydrogens (tertiary/aromatic N) is 3. The van der Waals surface area contributed by atoms with Gasteiger partial charge in [-0.1, -0.05) is 0 Å². The molecule has 2 aromatic heterocycles. The Labute approximate surface area is 73.1 Å². The molecule has 0 unspecified atom stereocenters. The van der Waals surface area contributed by atoms with Gasteiger partial charge in [0.1, 0.15) is 10.7 Å². The lowest BCUT2D eigenvalue weighted by atomic mass is 10.4. The van der Waals surface area contributed by atoms with Crippen LogP contribution in [0.4, 0.5) is 5.82 Å². The fourth-order valence-electron chi connectivity index (χ4n) is 0.854. The van der Waals surface area contributed by atoms with Crippen molar-refractivity contribution in [2.24, 2.45) is 0 Å². The highest BCUT2D eigenvalue weighted by molar-refractivity contribution is 7.13. The fraction of sp³-hybridized carbons (Fsp3) is 0. The van der Waals surface area contributed by atoms with E-state index >= 15 is 0 Å². The molecule has 60 valence electrons. The molecule has 0 bridgehead atoms. The van der Waals surface area contributed by atoms with Crippen LogP contribution >= 0.6 is 11.3 Å². The molecule has 0 aromatic carbocycles. The highest BCUT2D eigenvalue weighted by Crippen LogP contribution is 2.22. The van der Waals surface area contributed by atoms with E-state index in [4.69, 9.17) is 5.73 Å². The van der Waals surface area contributed by atoms with E-state index in [1.165, 1.54) is 11.3 Å². The Morgan fingerprint density at radius 1 is 1.08 bits per heavy atom. The normalized spacial score (nSPS) is 10.0. The number of hydrogen-bond acceptors (Lipinski definition) is 5. The largest absolute Gasteiger partial charge is 0.382 e. The first-order valence-corrected chi connectivity index (χ1v) is 4.22. The summed E-state index contributed by atoms with van der Waals surface area (Å²) < 4.78 is 0. The summed E-state index contributed by atoms with van der Waals surface area (Å²) in [6, 6.07) is 0. The van der Waals surface area contributed by atoms with Crippen LogP contribution in [-0.4, -0.2) is 15.0 Å². The number of thiazole rings is 1. The average molecular weight is 178 g/mol. The number of nitrogens with two attached hydrogens (primary N) is 1. The van der Waals surface area contributed by atoms with Gasteiger partial charge in [0.25, 0.3) is 0 Å². The van der Waals surface area contributed by atoms with Crippen molar-refractivity contribution in [1.29, 1.82) is 0 Å². The topological polar surface area (TPSA) is 64.7 Å². The minimum absolute atomic E-state index is 0.424. The van der Waals surface area contributed by atoms with E-state index in [9.17, 15) is 0 Å². The summed E-state index contributed by atoms with van der Waals surface area (Å²) in [5.41, 5.74) is 6.26. The molecule has 0 amide bonds. The van der Waals surface area contributed by atoms with Crippen LogP contribution in [0.2, 0.25) is 0 Å². The van der Waals surface area contributed by atoms with Gasteiger partial charge in [0, 0.05) is 24.0 Å². The standard InChI is InChI=1S/C7H6N4S/c8-6-5(9-1-2-10-6)7-11-3-4-12-7/h1-4H,(H2,8,10). The molecule has 12 heavy (non-hydrogen) atoms. The van der Waals surface area contributed by atoms with Crippen molar-refractivity contribution >= 4 is 17.2 Å². The van der Waals surface area contributed by atoms with Crippen molar-refractivity contribution in [2.45, 2.75) is 0 Å². The van der Waals surface area contributed by atoms with Crippen molar-refractivity contribution in [3.63, 3.8) is 0 Å². The van der Waals surface area contributed by atoms with Crippen LogP contribution in [-0.2, 0) is 0 Å². The van der Waals surface area contributed by atoms with Crippen LogP contribution in [0, 0.1) is 0 Å². The lowest BCUT2D eigenvalue weighted by Gasteiger charge is -1.96. The molecule has 0 spiro atoms. The molecule has 2 N–H and O–H groups in total. The lowest BCUT2D eigenvalue weighted by Crippen LogP contribution is -1.95. The van der Waals surface area contributed by atoms with Gasteiger partial charge in [-0.3, -0.25) is 0 Å². The van der Waals surface area contributed by atoms with Crippen molar-refractivity contribution in [2.75, 3.05) is 5.73 Å². The van der Waals surface area contributed by atoms with Crippen molar-refractivity contribution in [1.82, 2.24) is 15.0 Å². The molecule has 0 atom stereocenters. The highest BCUT2D eigenvalue weighted by atomic mass is 32.1. The number of rotatable bonds is 1. The minimum atomic E-state index is 0.424. The van der Waals surface area contributed by atoms with Crippen molar-refractivity contribution < 1.29 is 0 Å². The molecule has 2 aromatic rings. The molecule has 0 aliphatic heterocycles. The van der Waals surface area contributed by atoms with Gasteiger partial charge in [0.15, 0.2) is 5.82 Å². The molecule has 0 fully saturated rings. The van der Waals surface area contributed by atoms with Gasteiger partial charge < -0.3 is 5.73 Å². The summed E-state index contributed by atoms with van der Waals surface area (Å²) in [4.78, 5) is 12.1. The van der Waals surface area contributed by atoms with Gasteiger partial charge in [0.05, 0.1) is 0 Å². The van der Waals surface area contributed by atoms with Gasteiger partial charge in [-0.15, -0.1) is 11.3 Å². The Hall–Kier alpha value is -1.49. The van der Waals surface area contributed by atoms with E-state index < -0.39 is 0 Å². The lowest BCUT2D eigenvalue weighted by molar-refractivity contribution is 1.20. The van der Waals surface area contributed by atoms with Gasteiger partial charge in [-0.05, 0) is 0 Å². The Balaban J connectivity index is 2.55. The Morgan fingerprint density at radius 3 is 2.58 bits per heavy atom. The molecule has 2 heterocycles. The molecule has 0 aliphatic carbocycles. The summed E-state index contributed by atoms with van der Waals surface area (Å²) in [6.45, 7) is 0. The molecule has 0 aliphatic rings. The molecule has 0 radical (unpaired) electrons. The minimum Gasteiger partial charge on any atom is -0.382 e. The van der Waals surface area contributed by atoms with Crippen LogP contribution < -0.4 is 5.73 Å². The summed E-state index contributed by atoms with van der Waals surface area (Å²) in [7, 11) is 0. The zero-order valence-corrected chi connectivity index (χ0v) is 6.95. The predicted molar refractivity (Wildman–Crippen MR) is 47.6 cm³/mol. The first-order chi connectivity index (χ1) is 5.88. The van der Waals surface area contributed by atoms with Gasteiger partial charge in [0.2, 0.25) is 0 Å². The van der Waals surface area contributed by atoms with Crippen LogP contribution in [0.1, 0.15) is 0 Å². The SMILES string of the molecule is Nc1nccnc1-c1nccs1. The van der Waals surface area contributed by atoms with Crippen LogP contribution in [0.25, 0.3) is 10.7 Å². The molecule has 2 rings (SSSR count). The molecule has 0 saturated heterocycles. The maximum atomic E-state index is 5.60. The zero-order chi connectivity index (χ0) is 8.39. The smallest absolute Gasteiger partial charge is 0.152 e. The van der Waals surface area contributed by atoms with Crippen molar-refractivity contribution in [3.05, 3.63) is 24.0 Å². The van der Waals surface area contributed by atoms with Crippen molar-refractivity contribution in [3.8, 4) is 10.7 Å². The Bertz CT molecular complexity index is 371. The maximum absolute atomic E-state index is 5.60. The zero-order valence-electron chi connectivity index (χ0n) is 6.14. The second kappa shape index (κ2) is 2.86. The van der Waals surface area contributed by atoms with Gasteiger partial charge in [-0.2, -0.15) is 0 Å². The van der Waals surface area contributed by atoms with E-state index in [0.717, 1.165) is 5.01 Å². The Morgan fingerprint density at radius 2 is 1.92 bits per heavy atom. The molecule has 0 saturated carbocycles. The number of anilines is 1. The van der Waals surface area contributed by atoms with E-state index in [1.807, 2.05) is 5.38 Å². The van der Waals surface area contributed by atoms with E-state index in [-0.39, 0.29) is 0 Å². The number of nitrogen functional groups attached to an aromatic ring is 1. The summed E-state index contributed by atoms with van der Waals surface area (Å²) in [6.07, 6.45) is 4.88. The Kier molecular flexibility index (Phi) is 1.71. The number of hydrogen-bond donors (Lipinski definition) is 1. The predicted octanol–water partition coefficient (Wildman–Crippen LogP) is 1.18. The second-order valence-electron chi connectivity index (χ2n) is 2.13. The highest BCUT2D eigenvalue weighted by Gasteiger charge is 2.05. The average Bonchev–Trinajstić information content (AvgIpc) is 2.57. The number of aromatic nitrogens is 3. The van der Waals surface area contributed by atoms with E-state index in [2.05, 4.69) is 15.0 Å². The third-order valence-corrected chi connectivity index (χ3v) is 2.14. The molecular weight excluding hydrogens is 172 g/mol. The third-order valence-electron chi connectivity index (χ3n) is 1.36.